The number of benzene rings is 9. The van der Waals surface area contributed by atoms with Gasteiger partial charge in [-0.25, -0.2) is 0 Å². The van der Waals surface area contributed by atoms with E-state index in [1.165, 1.54) is 13.1 Å². The first-order valence-corrected chi connectivity index (χ1v) is 22.4. The molecule has 9 aromatic rings. The van der Waals surface area contributed by atoms with Crippen molar-refractivity contribution in [2.24, 2.45) is 0 Å². The molecule has 4 heteroatoms. The number of anilines is 9. The average Bonchev–Trinajstić information content (AvgIpc) is 3.30. The predicted molar refractivity (Wildman–Crippen MR) is 248 cm³/mol. The molecule has 58 heavy (non-hydrogen) atoms. The van der Waals surface area contributed by atoms with E-state index in [0.717, 1.165) is 51.2 Å². The zero-order valence-corrected chi connectivity index (χ0v) is 33.9. The van der Waals surface area contributed by atoms with E-state index in [4.69, 9.17) is 0 Å². The van der Waals surface area contributed by atoms with Gasteiger partial charge in [-0.1, -0.05) is 0 Å². The van der Waals surface area contributed by atoms with Crippen LogP contribution in [0.25, 0.3) is 0 Å². The molecule has 3 nitrogen and oxygen atoms in total. The van der Waals surface area contributed by atoms with Crippen LogP contribution in [0.2, 0.25) is 0 Å². The third-order valence-corrected chi connectivity index (χ3v) is 15.3. The third-order valence-electron chi connectivity index (χ3n) is 10.2. The zero-order valence-electron chi connectivity index (χ0n) is 32.0. The van der Waals surface area contributed by atoms with Crippen molar-refractivity contribution >= 4 is 78.9 Å². The molecule has 0 aliphatic rings. The Labute approximate surface area is 346 Å². The Morgan fingerprint density at radius 3 is 0.500 bits per heavy atom. The second-order valence-corrected chi connectivity index (χ2v) is 18.6. The van der Waals surface area contributed by atoms with E-state index in [1.807, 2.05) is 0 Å². The van der Waals surface area contributed by atoms with Crippen molar-refractivity contribution in [3.63, 3.8) is 0 Å². The molecule has 0 amide bonds. The van der Waals surface area contributed by atoms with Crippen LogP contribution in [-0.2, 0) is 0 Å². The van der Waals surface area contributed by atoms with E-state index in [0.29, 0.717) is 0 Å². The topological polar surface area (TPSA) is 9.72 Å². The van der Waals surface area contributed by atoms with E-state index < -0.39 is 14.7 Å². The summed E-state index contributed by atoms with van der Waals surface area (Å²) in [5.74, 6) is 0. The zero-order chi connectivity index (χ0) is 38.9. The molecule has 0 unspecified atom stereocenters. The summed E-state index contributed by atoms with van der Waals surface area (Å²) >= 11 is -2.06. The molecule has 0 aliphatic heterocycles. The first-order valence-electron chi connectivity index (χ1n) is 19.6. The van der Waals surface area contributed by atoms with Gasteiger partial charge in [0.25, 0.3) is 0 Å². The Hall–Kier alpha value is -7.06. The second-order valence-electron chi connectivity index (χ2n) is 13.9. The van der Waals surface area contributed by atoms with Crippen molar-refractivity contribution in [3.05, 3.63) is 255 Å². The van der Waals surface area contributed by atoms with Crippen LogP contribution in [-0.4, -0.2) is 14.7 Å². The Balaban J connectivity index is 1.13. The minimum atomic E-state index is -2.06. The van der Waals surface area contributed by atoms with Crippen molar-refractivity contribution in [3.8, 4) is 0 Å². The summed E-state index contributed by atoms with van der Waals surface area (Å²) < 4.78 is 4.09. The van der Waals surface area contributed by atoms with Crippen LogP contribution in [0.4, 0.5) is 51.2 Å². The van der Waals surface area contributed by atoms with Crippen molar-refractivity contribution in [1.82, 2.24) is 0 Å². The molecule has 0 spiro atoms. The molecule has 278 valence electrons. The van der Waals surface area contributed by atoms with Crippen LogP contribution in [0.15, 0.2) is 255 Å². The van der Waals surface area contributed by atoms with Gasteiger partial charge >= 0.3 is 348 Å². The monoisotopic (exact) mass is 807 g/mol. The average molecular weight is 808 g/mol. The quantitative estimate of drug-likeness (QED) is 0.114. The fraction of sp³-hybridized carbons (Fsp3) is 0. The first-order chi connectivity index (χ1) is 28.8. The van der Waals surface area contributed by atoms with E-state index in [9.17, 15) is 0 Å². The summed E-state index contributed by atoms with van der Waals surface area (Å²) in [6.45, 7) is 0. The van der Waals surface area contributed by atoms with Gasteiger partial charge in [-0.15, -0.1) is 0 Å². The molecule has 0 aromatic heterocycles. The Morgan fingerprint density at radius 2 is 0.328 bits per heavy atom. The third kappa shape index (κ3) is 7.95. The summed E-state index contributed by atoms with van der Waals surface area (Å²) in [5.41, 5.74) is 10.2. The van der Waals surface area contributed by atoms with Crippen LogP contribution >= 0.6 is 0 Å². The number of hydrogen-bond donors (Lipinski definition) is 0. The van der Waals surface area contributed by atoms with Crippen LogP contribution in [0.5, 0.6) is 0 Å². The van der Waals surface area contributed by atoms with Crippen LogP contribution in [0, 0.1) is 0 Å². The number of para-hydroxylation sites is 6. The van der Waals surface area contributed by atoms with Crippen molar-refractivity contribution in [2.45, 2.75) is 0 Å². The SMILES string of the molecule is c1ccc(N(c2ccccc2)c2ccc([As](c3ccc(N(c4ccccc4)c4ccccc4)cc3)c3ccc(N(c4ccccc4)c4ccccc4)cc3)cc2)cc1. The molecule has 9 rings (SSSR count). The molecule has 9 aromatic carbocycles. The van der Waals surface area contributed by atoms with Crippen molar-refractivity contribution < 1.29 is 0 Å². The molecular weight excluding hydrogens is 766 g/mol. The van der Waals surface area contributed by atoms with Gasteiger partial charge < -0.3 is 0 Å². The van der Waals surface area contributed by atoms with Crippen LogP contribution in [0.3, 0.4) is 0 Å². The first kappa shape index (κ1) is 36.6. The standard InChI is InChI=1S/C54H42AsN3/c1-7-19-46(20-8-1)56(47-21-9-2-10-22-47)52-37-31-43(32-38-52)55(44-33-39-53(40-34-44)57(48-23-11-3-12-24-48)49-25-13-4-14-26-49)45-35-41-54(42-36-45)58(50-27-15-5-16-28-50)51-29-17-6-18-30-51/h1-42H. The number of rotatable bonds is 12. The minimum absolute atomic E-state index is 1.13. The fourth-order valence-corrected chi connectivity index (χ4v) is 12.2. The molecular formula is C54H42AsN3. The predicted octanol–water partition coefficient (Wildman–Crippen LogP) is 12.6. The van der Waals surface area contributed by atoms with Gasteiger partial charge in [-0.2, -0.15) is 0 Å². The number of hydrogen-bond acceptors (Lipinski definition) is 3. The molecule has 0 saturated carbocycles. The molecule has 0 saturated heterocycles. The second kappa shape index (κ2) is 17.4. The van der Waals surface area contributed by atoms with Gasteiger partial charge in [0.05, 0.1) is 0 Å². The summed E-state index contributed by atoms with van der Waals surface area (Å²) in [5, 5.41) is 0. The van der Waals surface area contributed by atoms with Crippen molar-refractivity contribution in [1.29, 1.82) is 0 Å². The molecule has 0 heterocycles. The van der Waals surface area contributed by atoms with Gasteiger partial charge in [0, 0.05) is 0 Å². The maximum atomic E-state index is 2.36. The maximum absolute atomic E-state index is 2.36. The summed E-state index contributed by atoms with van der Waals surface area (Å²) in [7, 11) is 0. The van der Waals surface area contributed by atoms with Crippen molar-refractivity contribution in [2.75, 3.05) is 14.7 Å². The molecule has 0 bridgehead atoms. The summed E-state index contributed by atoms with van der Waals surface area (Å²) in [4.78, 5) is 6.98. The molecule has 0 aliphatic carbocycles. The van der Waals surface area contributed by atoms with Gasteiger partial charge in [0.15, 0.2) is 0 Å². The van der Waals surface area contributed by atoms with Crippen LogP contribution < -0.4 is 27.8 Å². The summed E-state index contributed by atoms with van der Waals surface area (Å²) in [6.07, 6.45) is 0. The summed E-state index contributed by atoms with van der Waals surface area (Å²) in [6, 6.07) is 91.6. The van der Waals surface area contributed by atoms with Gasteiger partial charge in [0.1, 0.15) is 0 Å². The molecule has 0 atom stereocenters. The Bertz CT molecular complexity index is 2210. The Morgan fingerprint density at radius 1 is 0.172 bits per heavy atom. The van der Waals surface area contributed by atoms with Gasteiger partial charge in [0.2, 0.25) is 0 Å². The molecule has 0 fully saturated rings. The van der Waals surface area contributed by atoms with E-state index in [-0.39, 0.29) is 0 Å². The molecule has 0 N–H and O–H groups in total. The van der Waals surface area contributed by atoms with Crippen LogP contribution in [0.1, 0.15) is 0 Å². The fourth-order valence-electron chi connectivity index (χ4n) is 7.50. The normalized spacial score (nSPS) is 10.9. The Kier molecular flexibility index (Phi) is 11.0. The number of nitrogens with zero attached hydrogens (tertiary/aromatic N) is 3. The van der Waals surface area contributed by atoms with Gasteiger partial charge in [-0.05, 0) is 0 Å². The van der Waals surface area contributed by atoms with E-state index in [2.05, 4.69) is 269 Å². The molecule has 0 radical (unpaired) electrons. The van der Waals surface area contributed by atoms with E-state index in [1.54, 1.807) is 0 Å². The van der Waals surface area contributed by atoms with Gasteiger partial charge in [-0.3, -0.25) is 0 Å². The van der Waals surface area contributed by atoms with E-state index >= 15 is 0 Å².